The molecule has 0 fully saturated rings. The minimum Gasteiger partial charge on any atom is -0.504 e. The Morgan fingerprint density at radius 2 is 1.97 bits per heavy atom. The minimum absolute atomic E-state index is 0.0657. The third-order valence-electron chi connectivity index (χ3n) is 5.35. The Kier molecular flexibility index (Phi) is 7.82. The Bertz CT molecular complexity index is 1510. The second-order valence-corrected chi connectivity index (χ2v) is 10.7. The van der Waals surface area contributed by atoms with Crippen molar-refractivity contribution in [2.75, 3.05) is 13.2 Å². The van der Waals surface area contributed by atoms with Crippen molar-refractivity contribution in [2.45, 2.75) is 26.8 Å². The molecular formula is C25H22BrIN2O5S. The Labute approximate surface area is 227 Å². The summed E-state index contributed by atoms with van der Waals surface area (Å²) in [6.07, 6.45) is 1.75. The summed E-state index contributed by atoms with van der Waals surface area (Å²) >= 11 is 6.72. The lowest BCUT2D eigenvalue weighted by Gasteiger charge is -2.24. The number of thiazole rings is 1. The van der Waals surface area contributed by atoms with Gasteiger partial charge in [0.25, 0.3) is 5.56 Å². The average Bonchev–Trinajstić information content (AvgIpc) is 3.11. The summed E-state index contributed by atoms with van der Waals surface area (Å²) in [6.45, 7) is 5.95. The van der Waals surface area contributed by atoms with Crippen molar-refractivity contribution in [1.82, 2.24) is 4.57 Å². The van der Waals surface area contributed by atoms with Crippen LogP contribution < -0.4 is 19.6 Å². The number of aromatic nitrogens is 1. The molecule has 4 rings (SSSR count). The molecule has 1 atom stereocenters. The van der Waals surface area contributed by atoms with Gasteiger partial charge in [-0.05, 0) is 84.8 Å². The van der Waals surface area contributed by atoms with E-state index in [9.17, 15) is 14.7 Å². The zero-order chi connectivity index (χ0) is 25.3. The standard InChI is InChI=1S/C25H22BrIN2O5S/c1-4-33-18-11-14(10-17(27)22(18)30)12-19-23(31)29-21(15-6-8-16(26)9-7-15)20(24(32)34-5-2)13(3)28-25(29)35-19/h6-12,21,30H,4-5H2,1-3H3/b19-12-/t21-/m0/s1. The predicted molar refractivity (Wildman–Crippen MR) is 147 cm³/mol. The summed E-state index contributed by atoms with van der Waals surface area (Å²) in [5.74, 6) is -0.0759. The predicted octanol–water partition coefficient (Wildman–Crippen LogP) is 4.27. The average molecular weight is 669 g/mol. The van der Waals surface area contributed by atoms with Crippen molar-refractivity contribution in [1.29, 1.82) is 0 Å². The SMILES string of the molecule is CCOC(=O)C1=C(C)N=c2s/c(=C\c3cc(I)c(O)c(OCC)c3)c(=O)n2[C@H]1c1ccc(Br)cc1. The van der Waals surface area contributed by atoms with Crippen LogP contribution in [0.4, 0.5) is 0 Å². The third-order valence-corrected chi connectivity index (χ3v) is 7.69. The molecule has 2 aromatic carbocycles. The molecule has 0 spiro atoms. The molecule has 0 saturated carbocycles. The molecule has 0 aliphatic carbocycles. The fourth-order valence-electron chi connectivity index (χ4n) is 3.85. The summed E-state index contributed by atoms with van der Waals surface area (Å²) in [4.78, 5) is 31.7. The number of nitrogens with zero attached hydrogens (tertiary/aromatic N) is 2. The zero-order valence-electron chi connectivity index (χ0n) is 19.2. The number of allylic oxidation sites excluding steroid dienone is 1. The monoisotopic (exact) mass is 668 g/mol. The molecule has 35 heavy (non-hydrogen) atoms. The number of esters is 1. The van der Waals surface area contributed by atoms with Gasteiger partial charge in [0, 0.05) is 4.47 Å². The number of benzene rings is 2. The molecule has 0 saturated heterocycles. The Hall–Kier alpha value is -2.44. The molecule has 182 valence electrons. The number of rotatable bonds is 6. The molecule has 0 unspecified atom stereocenters. The molecule has 0 bridgehead atoms. The van der Waals surface area contributed by atoms with Crippen LogP contribution in [-0.2, 0) is 9.53 Å². The van der Waals surface area contributed by atoms with Crippen LogP contribution in [0.15, 0.2) is 61.9 Å². The van der Waals surface area contributed by atoms with E-state index >= 15 is 0 Å². The Morgan fingerprint density at radius 1 is 1.26 bits per heavy atom. The fraction of sp³-hybridized carbons (Fsp3) is 0.240. The number of hydrogen-bond donors (Lipinski definition) is 1. The molecular weight excluding hydrogens is 647 g/mol. The summed E-state index contributed by atoms with van der Waals surface area (Å²) in [7, 11) is 0. The van der Waals surface area contributed by atoms with Crippen LogP contribution in [0.5, 0.6) is 11.5 Å². The maximum absolute atomic E-state index is 13.7. The first-order chi connectivity index (χ1) is 16.7. The van der Waals surface area contributed by atoms with Gasteiger partial charge < -0.3 is 14.6 Å². The number of aromatic hydroxyl groups is 1. The quantitative estimate of drug-likeness (QED) is 0.313. The number of ether oxygens (including phenoxy) is 2. The second kappa shape index (κ2) is 10.7. The Balaban J connectivity index is 1.93. The van der Waals surface area contributed by atoms with E-state index in [1.807, 2.05) is 53.8 Å². The number of phenols is 1. The molecule has 1 N–H and O–H groups in total. The molecule has 1 aromatic heterocycles. The second-order valence-electron chi connectivity index (χ2n) is 7.64. The van der Waals surface area contributed by atoms with Crippen LogP contribution in [0.1, 0.15) is 37.9 Å². The van der Waals surface area contributed by atoms with Crippen molar-refractivity contribution in [3.05, 3.63) is 86.5 Å². The maximum atomic E-state index is 13.7. The van der Waals surface area contributed by atoms with Gasteiger partial charge in [-0.15, -0.1) is 0 Å². The number of phenolic OH excluding ortho intramolecular Hbond substituents is 1. The lowest BCUT2D eigenvalue weighted by molar-refractivity contribution is -0.139. The van der Waals surface area contributed by atoms with Crippen molar-refractivity contribution in [2.24, 2.45) is 4.99 Å². The molecule has 7 nitrogen and oxygen atoms in total. The minimum atomic E-state index is -0.667. The van der Waals surface area contributed by atoms with Crippen molar-refractivity contribution in [3.8, 4) is 11.5 Å². The molecule has 2 heterocycles. The van der Waals surface area contributed by atoms with Gasteiger partial charge in [-0.3, -0.25) is 9.36 Å². The molecule has 1 aliphatic heterocycles. The van der Waals surface area contributed by atoms with Crippen molar-refractivity contribution >= 4 is 61.9 Å². The van der Waals surface area contributed by atoms with Gasteiger partial charge in [-0.1, -0.05) is 39.4 Å². The molecule has 1 aliphatic rings. The van der Waals surface area contributed by atoms with E-state index in [0.29, 0.717) is 42.1 Å². The van der Waals surface area contributed by atoms with Crippen LogP contribution in [0.25, 0.3) is 6.08 Å². The van der Waals surface area contributed by atoms with Gasteiger partial charge in [0.1, 0.15) is 0 Å². The van der Waals surface area contributed by atoms with E-state index in [1.165, 1.54) is 11.3 Å². The van der Waals surface area contributed by atoms with Crippen molar-refractivity contribution in [3.63, 3.8) is 0 Å². The van der Waals surface area contributed by atoms with E-state index in [4.69, 9.17) is 9.47 Å². The van der Waals surface area contributed by atoms with Crippen LogP contribution in [-0.4, -0.2) is 28.9 Å². The molecule has 0 radical (unpaired) electrons. The van der Waals surface area contributed by atoms with E-state index < -0.39 is 12.0 Å². The number of carbonyl (C=O) groups is 1. The fourth-order valence-corrected chi connectivity index (χ4v) is 5.78. The summed E-state index contributed by atoms with van der Waals surface area (Å²) in [5.41, 5.74) is 2.07. The van der Waals surface area contributed by atoms with Crippen LogP contribution in [0, 0.1) is 3.57 Å². The first-order valence-electron chi connectivity index (χ1n) is 10.9. The van der Waals surface area contributed by atoms with Crippen LogP contribution in [0.3, 0.4) is 0 Å². The maximum Gasteiger partial charge on any atom is 0.338 e. The first kappa shape index (κ1) is 25.6. The summed E-state index contributed by atoms with van der Waals surface area (Å²) < 4.78 is 14.4. The Morgan fingerprint density at radius 3 is 2.63 bits per heavy atom. The van der Waals surface area contributed by atoms with E-state index in [2.05, 4.69) is 20.9 Å². The smallest absolute Gasteiger partial charge is 0.338 e. The lowest BCUT2D eigenvalue weighted by atomic mass is 9.96. The zero-order valence-corrected chi connectivity index (χ0v) is 23.7. The summed E-state index contributed by atoms with van der Waals surface area (Å²) in [5, 5.41) is 10.3. The van der Waals surface area contributed by atoms with Gasteiger partial charge in [0.05, 0.1) is 38.6 Å². The van der Waals surface area contributed by atoms with Gasteiger partial charge in [0.2, 0.25) is 0 Å². The topological polar surface area (TPSA) is 90.1 Å². The molecule has 10 heteroatoms. The van der Waals surface area contributed by atoms with Crippen molar-refractivity contribution < 1.29 is 19.4 Å². The van der Waals surface area contributed by atoms with Gasteiger partial charge in [-0.25, -0.2) is 9.79 Å². The highest BCUT2D eigenvalue weighted by molar-refractivity contribution is 14.1. The third kappa shape index (κ3) is 5.10. The number of hydrogen-bond acceptors (Lipinski definition) is 7. The lowest BCUT2D eigenvalue weighted by Crippen LogP contribution is -2.39. The normalized spacial score (nSPS) is 15.6. The van der Waals surface area contributed by atoms with E-state index in [1.54, 1.807) is 36.6 Å². The largest absolute Gasteiger partial charge is 0.504 e. The summed E-state index contributed by atoms with van der Waals surface area (Å²) in [6, 6.07) is 10.3. The number of fused-ring (bicyclic) bond motifs is 1. The highest BCUT2D eigenvalue weighted by Crippen LogP contribution is 2.33. The highest BCUT2D eigenvalue weighted by atomic mass is 127. The van der Waals surface area contributed by atoms with Crippen LogP contribution >= 0.6 is 49.9 Å². The first-order valence-corrected chi connectivity index (χ1v) is 13.5. The van der Waals surface area contributed by atoms with E-state index in [0.717, 1.165) is 10.0 Å². The number of carbonyl (C=O) groups excluding carboxylic acids is 1. The molecule has 0 amide bonds. The van der Waals surface area contributed by atoms with Gasteiger partial charge >= 0.3 is 5.97 Å². The molecule has 3 aromatic rings. The van der Waals surface area contributed by atoms with Gasteiger partial charge in [0.15, 0.2) is 16.3 Å². The van der Waals surface area contributed by atoms with E-state index in [-0.39, 0.29) is 17.9 Å². The number of halogens is 2. The van der Waals surface area contributed by atoms with Gasteiger partial charge in [-0.2, -0.15) is 0 Å². The highest BCUT2D eigenvalue weighted by Gasteiger charge is 2.33. The van der Waals surface area contributed by atoms with Crippen LogP contribution in [0.2, 0.25) is 0 Å².